The van der Waals surface area contributed by atoms with Crippen LogP contribution in [-0.2, 0) is 14.8 Å². The molecule has 0 radical (unpaired) electrons. The highest BCUT2D eigenvalue weighted by molar-refractivity contribution is 7.89. The fourth-order valence-electron chi connectivity index (χ4n) is 2.87. The third kappa shape index (κ3) is 5.90. The molecule has 3 rings (SSSR count). The lowest BCUT2D eigenvalue weighted by molar-refractivity contribution is -0.116. The van der Waals surface area contributed by atoms with Gasteiger partial charge in [0.25, 0.3) is 0 Å². The molecule has 0 atom stereocenters. The van der Waals surface area contributed by atoms with Crippen molar-refractivity contribution >= 4 is 21.6 Å². The van der Waals surface area contributed by atoms with Crippen molar-refractivity contribution in [1.29, 1.82) is 0 Å². The fraction of sp³-hybridized carbons (Fsp3) is 0.350. The second kappa shape index (κ2) is 9.86. The van der Waals surface area contributed by atoms with Crippen molar-refractivity contribution in [1.82, 2.24) is 4.72 Å². The average molecular weight is 440 g/mol. The number of anilines is 1. The van der Waals surface area contributed by atoms with Crippen LogP contribution in [0.2, 0.25) is 0 Å². The number of carbonyl (C=O) groups excluding carboxylic acids is 1. The molecule has 7 nitrogen and oxygen atoms in total. The molecule has 0 bridgehead atoms. The first-order valence-corrected chi connectivity index (χ1v) is 11.0. The molecular weight excluding hydrogens is 418 g/mol. The summed E-state index contributed by atoms with van der Waals surface area (Å²) in [6.07, 6.45) is 1.77. The van der Waals surface area contributed by atoms with Crippen LogP contribution in [-0.4, -0.2) is 34.1 Å². The number of benzene rings is 2. The summed E-state index contributed by atoms with van der Waals surface area (Å²) >= 11 is 0. The molecule has 1 heterocycles. The van der Waals surface area contributed by atoms with Crippen molar-refractivity contribution in [2.45, 2.75) is 30.6 Å². The van der Waals surface area contributed by atoms with Crippen LogP contribution in [0, 0.1) is 11.6 Å². The van der Waals surface area contributed by atoms with Crippen LogP contribution in [0.25, 0.3) is 0 Å². The zero-order valence-corrected chi connectivity index (χ0v) is 16.9. The molecule has 1 aliphatic heterocycles. The molecule has 2 aromatic carbocycles. The Morgan fingerprint density at radius 1 is 0.967 bits per heavy atom. The van der Waals surface area contributed by atoms with E-state index in [4.69, 9.17) is 9.47 Å². The van der Waals surface area contributed by atoms with Crippen LogP contribution >= 0.6 is 0 Å². The monoisotopic (exact) mass is 440 g/mol. The van der Waals surface area contributed by atoms with Gasteiger partial charge in [0.1, 0.15) is 24.8 Å². The molecule has 1 aliphatic rings. The molecule has 0 saturated heterocycles. The highest BCUT2D eigenvalue weighted by Gasteiger charge is 2.19. The van der Waals surface area contributed by atoms with E-state index in [1.165, 1.54) is 12.1 Å². The Balaban J connectivity index is 1.38. The van der Waals surface area contributed by atoms with Gasteiger partial charge < -0.3 is 14.8 Å². The van der Waals surface area contributed by atoms with Crippen LogP contribution in [0.3, 0.4) is 0 Å². The third-order valence-corrected chi connectivity index (χ3v) is 5.86. The molecule has 0 unspecified atom stereocenters. The summed E-state index contributed by atoms with van der Waals surface area (Å²) in [6, 6.07) is 7.36. The largest absolute Gasteiger partial charge is 0.486 e. The summed E-state index contributed by atoms with van der Waals surface area (Å²) in [7, 11) is -3.68. The molecule has 2 aromatic rings. The van der Waals surface area contributed by atoms with Crippen LogP contribution < -0.4 is 19.5 Å². The predicted molar refractivity (Wildman–Crippen MR) is 106 cm³/mol. The number of ether oxygens (including phenoxy) is 2. The van der Waals surface area contributed by atoms with Gasteiger partial charge in [-0.25, -0.2) is 21.9 Å². The van der Waals surface area contributed by atoms with Crippen molar-refractivity contribution in [2.24, 2.45) is 0 Å². The lowest BCUT2D eigenvalue weighted by Gasteiger charge is -2.18. The quantitative estimate of drug-likeness (QED) is 0.584. The zero-order chi connectivity index (χ0) is 21.6. The van der Waals surface area contributed by atoms with Crippen LogP contribution in [0.1, 0.15) is 25.7 Å². The number of carbonyl (C=O) groups is 1. The smallest absolute Gasteiger partial charge is 0.240 e. The molecule has 1 amide bonds. The maximum absolute atomic E-state index is 13.5. The van der Waals surface area contributed by atoms with E-state index in [2.05, 4.69) is 10.0 Å². The van der Waals surface area contributed by atoms with Crippen molar-refractivity contribution in [3.05, 3.63) is 48.0 Å². The van der Waals surface area contributed by atoms with Gasteiger partial charge in [-0.3, -0.25) is 4.79 Å². The van der Waals surface area contributed by atoms with Crippen LogP contribution in [0.15, 0.2) is 41.3 Å². The minimum Gasteiger partial charge on any atom is -0.486 e. The summed E-state index contributed by atoms with van der Waals surface area (Å²) < 4.78 is 64.4. The van der Waals surface area contributed by atoms with Gasteiger partial charge in [-0.05, 0) is 37.1 Å². The second-order valence-corrected chi connectivity index (χ2v) is 8.45. The first-order chi connectivity index (χ1) is 14.3. The lowest BCUT2D eigenvalue weighted by atomic mass is 10.2. The SMILES string of the molecule is O=C(CCCCCNS(=O)(=O)c1ccc2c(c1)OCCO2)Nc1ccc(F)cc1F. The average Bonchev–Trinajstić information content (AvgIpc) is 2.72. The Hall–Kier alpha value is -2.72. The Kier molecular flexibility index (Phi) is 7.22. The topological polar surface area (TPSA) is 93.7 Å². The van der Waals surface area contributed by atoms with Crippen LogP contribution in [0.5, 0.6) is 11.5 Å². The number of fused-ring (bicyclic) bond motifs is 1. The number of nitrogens with one attached hydrogen (secondary N) is 2. The van der Waals surface area contributed by atoms with Gasteiger partial charge in [0, 0.05) is 25.1 Å². The number of rotatable bonds is 9. The summed E-state index contributed by atoms with van der Waals surface area (Å²) in [5, 5.41) is 2.38. The summed E-state index contributed by atoms with van der Waals surface area (Å²) in [5.74, 6) is -1.04. The molecule has 0 saturated carbocycles. The molecule has 0 aliphatic carbocycles. The summed E-state index contributed by atoms with van der Waals surface area (Å²) in [4.78, 5) is 11.9. The van der Waals surface area contributed by atoms with Crippen molar-refractivity contribution in [3.8, 4) is 11.5 Å². The molecule has 10 heteroatoms. The van der Waals surface area contributed by atoms with Gasteiger partial charge in [-0.15, -0.1) is 0 Å². The van der Waals surface area contributed by atoms with Crippen molar-refractivity contribution in [3.63, 3.8) is 0 Å². The minimum absolute atomic E-state index is 0.0754. The number of amides is 1. The second-order valence-electron chi connectivity index (χ2n) is 6.69. The van der Waals surface area contributed by atoms with Gasteiger partial charge in [0.2, 0.25) is 15.9 Å². The Bertz CT molecular complexity index is 1010. The first-order valence-electron chi connectivity index (χ1n) is 9.49. The highest BCUT2D eigenvalue weighted by Crippen LogP contribution is 2.32. The summed E-state index contributed by atoms with van der Waals surface area (Å²) in [6.45, 7) is 1.00. The maximum Gasteiger partial charge on any atom is 0.240 e. The lowest BCUT2D eigenvalue weighted by Crippen LogP contribution is -2.25. The predicted octanol–water partition coefficient (Wildman–Crippen LogP) is 3.21. The number of sulfonamides is 1. The van der Waals surface area contributed by atoms with E-state index in [1.807, 2.05) is 0 Å². The number of hydrogen-bond acceptors (Lipinski definition) is 5. The van der Waals surface area contributed by atoms with Crippen molar-refractivity contribution in [2.75, 3.05) is 25.1 Å². The van der Waals surface area contributed by atoms with E-state index < -0.39 is 27.6 Å². The van der Waals surface area contributed by atoms with E-state index >= 15 is 0 Å². The van der Waals surface area contributed by atoms with E-state index in [0.717, 1.165) is 12.1 Å². The van der Waals surface area contributed by atoms with E-state index in [9.17, 15) is 22.0 Å². The maximum atomic E-state index is 13.5. The van der Waals surface area contributed by atoms with Crippen molar-refractivity contribution < 1.29 is 31.5 Å². The third-order valence-electron chi connectivity index (χ3n) is 4.40. The first kappa shape index (κ1) is 22.0. The number of halogens is 2. The highest BCUT2D eigenvalue weighted by atomic mass is 32.2. The standard InChI is InChI=1S/C20H22F2N2O5S/c21-14-5-7-17(16(22)12-14)24-20(25)4-2-1-3-9-23-30(26,27)15-6-8-18-19(13-15)29-11-10-28-18/h5-8,12-13,23H,1-4,9-11H2,(H,24,25). The van der Waals surface area contributed by atoms with Gasteiger partial charge in [-0.1, -0.05) is 6.42 Å². The van der Waals surface area contributed by atoms with Crippen LogP contribution in [0.4, 0.5) is 14.5 Å². The van der Waals surface area contributed by atoms with Gasteiger partial charge >= 0.3 is 0 Å². The number of hydrogen-bond donors (Lipinski definition) is 2. The molecule has 0 fully saturated rings. The molecule has 0 spiro atoms. The van der Waals surface area contributed by atoms with Gasteiger partial charge in [0.15, 0.2) is 11.5 Å². The fourth-order valence-corrected chi connectivity index (χ4v) is 3.96. The van der Waals surface area contributed by atoms with Gasteiger partial charge in [-0.2, -0.15) is 0 Å². The normalized spacial score (nSPS) is 13.1. The molecule has 30 heavy (non-hydrogen) atoms. The minimum atomic E-state index is -3.68. The summed E-state index contributed by atoms with van der Waals surface area (Å²) in [5.41, 5.74) is -0.0754. The zero-order valence-electron chi connectivity index (χ0n) is 16.1. The Morgan fingerprint density at radius 2 is 1.73 bits per heavy atom. The number of unbranched alkanes of at least 4 members (excludes halogenated alkanes) is 2. The molecule has 162 valence electrons. The van der Waals surface area contributed by atoms with E-state index in [-0.39, 0.29) is 23.5 Å². The Morgan fingerprint density at radius 3 is 2.50 bits per heavy atom. The molecular formula is C20H22F2N2O5S. The van der Waals surface area contributed by atoms with E-state index in [0.29, 0.717) is 50.0 Å². The molecule has 0 aromatic heterocycles. The van der Waals surface area contributed by atoms with Gasteiger partial charge in [0.05, 0.1) is 10.6 Å². The van der Waals surface area contributed by atoms with E-state index in [1.54, 1.807) is 6.07 Å². The molecule has 2 N–H and O–H groups in total. The Labute approximate surface area is 173 Å².